The van der Waals surface area contributed by atoms with E-state index in [-0.39, 0.29) is 23.6 Å². The van der Waals surface area contributed by atoms with E-state index in [0.29, 0.717) is 5.69 Å². The quantitative estimate of drug-likeness (QED) is 0.729. The first-order chi connectivity index (χ1) is 8.16. The molecule has 3 nitrogen and oxygen atoms in total. The molecule has 2 N–H and O–H groups in total. The van der Waals surface area contributed by atoms with Gasteiger partial charge in [0.1, 0.15) is 0 Å². The average Bonchev–Trinajstić information content (AvgIpc) is 2.72. The molecule has 17 heavy (non-hydrogen) atoms. The smallest absolute Gasteiger partial charge is 0.229 e. The summed E-state index contributed by atoms with van der Waals surface area (Å²) in [5.41, 5.74) is 0.399. The van der Waals surface area contributed by atoms with Gasteiger partial charge < -0.3 is 10.6 Å². The van der Waals surface area contributed by atoms with E-state index in [1.54, 1.807) is 0 Å². The number of amides is 1. The summed E-state index contributed by atoms with van der Waals surface area (Å²) in [6, 6.07) is 2.32. The highest BCUT2D eigenvalue weighted by Gasteiger charge is 2.36. The molecule has 0 radical (unpaired) electrons. The number of fused-ring (bicyclic) bond motifs is 2. The van der Waals surface area contributed by atoms with Gasteiger partial charge in [-0.25, -0.2) is 8.78 Å². The number of carbonyl (C=O) groups is 1. The fourth-order valence-corrected chi connectivity index (χ4v) is 2.65. The monoisotopic (exact) mass is 238 g/mol. The van der Waals surface area contributed by atoms with Crippen LogP contribution in [0, 0.1) is 17.6 Å². The van der Waals surface area contributed by atoms with Crippen LogP contribution in [0.5, 0.6) is 0 Å². The van der Waals surface area contributed by atoms with E-state index in [4.69, 9.17) is 0 Å². The van der Waals surface area contributed by atoms with Crippen LogP contribution in [0.15, 0.2) is 12.1 Å². The lowest BCUT2D eigenvalue weighted by Gasteiger charge is -2.16. The number of benzene rings is 1. The van der Waals surface area contributed by atoms with Crippen LogP contribution < -0.4 is 10.6 Å². The van der Waals surface area contributed by atoms with Crippen LogP contribution in [0.25, 0.3) is 0 Å². The van der Waals surface area contributed by atoms with Crippen molar-refractivity contribution in [1.82, 2.24) is 0 Å². The highest BCUT2D eigenvalue weighted by Crippen LogP contribution is 2.37. The molecule has 2 aliphatic rings. The summed E-state index contributed by atoms with van der Waals surface area (Å²) in [6.45, 7) is 0. The molecule has 2 atom stereocenters. The molecule has 2 unspecified atom stereocenters. The highest BCUT2D eigenvalue weighted by atomic mass is 19.2. The van der Waals surface area contributed by atoms with E-state index in [9.17, 15) is 13.6 Å². The zero-order valence-corrected chi connectivity index (χ0v) is 9.09. The topological polar surface area (TPSA) is 41.1 Å². The number of nitrogens with one attached hydrogen (secondary N) is 2. The second-order valence-corrected chi connectivity index (χ2v) is 4.56. The van der Waals surface area contributed by atoms with Crippen LogP contribution in [-0.2, 0) is 4.79 Å². The molecule has 0 aromatic heterocycles. The van der Waals surface area contributed by atoms with Gasteiger partial charge in [-0.3, -0.25) is 4.79 Å². The minimum absolute atomic E-state index is 0.0766. The third kappa shape index (κ3) is 1.57. The molecule has 0 bridgehead atoms. The van der Waals surface area contributed by atoms with Gasteiger partial charge in [0.25, 0.3) is 0 Å². The third-order valence-electron chi connectivity index (χ3n) is 3.54. The SMILES string of the molecule is O=C1Nc2ccc(F)c(F)c2NC2CCCC12. The first kappa shape index (κ1) is 10.5. The molecule has 0 saturated heterocycles. The van der Waals surface area contributed by atoms with Gasteiger partial charge in [0, 0.05) is 6.04 Å². The predicted molar refractivity (Wildman–Crippen MR) is 59.7 cm³/mol. The lowest BCUT2D eigenvalue weighted by atomic mass is 10.0. The van der Waals surface area contributed by atoms with Crippen molar-refractivity contribution in [3.8, 4) is 0 Å². The van der Waals surface area contributed by atoms with Gasteiger partial charge >= 0.3 is 0 Å². The normalized spacial score (nSPS) is 26.6. The van der Waals surface area contributed by atoms with Crippen molar-refractivity contribution in [3.63, 3.8) is 0 Å². The Morgan fingerprint density at radius 2 is 2.06 bits per heavy atom. The maximum absolute atomic E-state index is 13.7. The number of halogens is 2. The predicted octanol–water partition coefficient (Wildman–Crippen LogP) is 2.50. The van der Waals surface area contributed by atoms with Gasteiger partial charge in [-0.2, -0.15) is 0 Å². The summed E-state index contributed by atoms with van der Waals surface area (Å²) in [5.74, 6) is -2.08. The summed E-state index contributed by atoms with van der Waals surface area (Å²) in [5, 5.41) is 5.62. The van der Waals surface area contributed by atoms with Crippen LogP contribution in [-0.4, -0.2) is 11.9 Å². The molecule has 0 spiro atoms. The lowest BCUT2D eigenvalue weighted by molar-refractivity contribution is -0.119. The van der Waals surface area contributed by atoms with Crippen molar-refractivity contribution in [2.75, 3.05) is 10.6 Å². The standard InChI is InChI=1S/C12H12F2N2O/c13-7-4-5-9-11(10(7)14)15-8-3-1-2-6(8)12(17)16-9/h4-6,8,15H,1-3H2,(H,16,17). The fourth-order valence-electron chi connectivity index (χ4n) is 2.65. The summed E-state index contributed by atoms with van der Waals surface area (Å²) in [4.78, 5) is 11.9. The fraction of sp³-hybridized carbons (Fsp3) is 0.417. The first-order valence-corrected chi connectivity index (χ1v) is 5.72. The molecule has 1 saturated carbocycles. The van der Waals surface area contributed by atoms with Crippen molar-refractivity contribution < 1.29 is 13.6 Å². The van der Waals surface area contributed by atoms with Crippen molar-refractivity contribution in [2.24, 2.45) is 5.92 Å². The number of carbonyl (C=O) groups excluding carboxylic acids is 1. The van der Waals surface area contributed by atoms with E-state index in [2.05, 4.69) is 10.6 Å². The molecule has 1 fully saturated rings. The van der Waals surface area contributed by atoms with Gasteiger partial charge in [0.15, 0.2) is 11.6 Å². The van der Waals surface area contributed by atoms with Crippen molar-refractivity contribution in [2.45, 2.75) is 25.3 Å². The Labute approximate surface area is 97.2 Å². The average molecular weight is 238 g/mol. The molecular formula is C12H12F2N2O. The van der Waals surface area contributed by atoms with Crippen LogP contribution >= 0.6 is 0 Å². The molecule has 1 aromatic rings. The van der Waals surface area contributed by atoms with Gasteiger partial charge in [-0.15, -0.1) is 0 Å². The molecule has 1 amide bonds. The number of hydrogen-bond acceptors (Lipinski definition) is 2. The number of anilines is 2. The molecule has 1 aliphatic heterocycles. The Hall–Kier alpha value is -1.65. The largest absolute Gasteiger partial charge is 0.377 e. The van der Waals surface area contributed by atoms with Gasteiger partial charge in [-0.05, 0) is 25.0 Å². The van der Waals surface area contributed by atoms with Crippen molar-refractivity contribution in [3.05, 3.63) is 23.8 Å². The van der Waals surface area contributed by atoms with E-state index in [0.717, 1.165) is 25.3 Å². The van der Waals surface area contributed by atoms with Gasteiger partial charge in [-0.1, -0.05) is 6.42 Å². The Balaban J connectivity index is 2.07. The summed E-state index contributed by atoms with van der Waals surface area (Å²) < 4.78 is 26.8. The Morgan fingerprint density at radius 3 is 2.88 bits per heavy atom. The molecule has 90 valence electrons. The molecular weight excluding hydrogens is 226 g/mol. The zero-order chi connectivity index (χ0) is 12.0. The molecule has 1 aromatic carbocycles. The third-order valence-corrected chi connectivity index (χ3v) is 3.54. The summed E-state index contributed by atoms with van der Waals surface area (Å²) in [7, 11) is 0. The summed E-state index contributed by atoms with van der Waals surface area (Å²) >= 11 is 0. The molecule has 3 rings (SSSR count). The van der Waals surface area contributed by atoms with Crippen LogP contribution in [0.1, 0.15) is 19.3 Å². The minimum atomic E-state index is -0.921. The van der Waals surface area contributed by atoms with Crippen LogP contribution in [0.2, 0.25) is 0 Å². The van der Waals surface area contributed by atoms with Crippen molar-refractivity contribution in [1.29, 1.82) is 0 Å². The molecule has 1 aliphatic carbocycles. The Kier molecular flexibility index (Phi) is 2.28. The van der Waals surface area contributed by atoms with Crippen molar-refractivity contribution >= 4 is 17.3 Å². The van der Waals surface area contributed by atoms with E-state index < -0.39 is 11.6 Å². The summed E-state index contributed by atoms with van der Waals surface area (Å²) in [6.07, 6.45) is 2.54. The maximum Gasteiger partial charge on any atom is 0.229 e. The number of hydrogen-bond donors (Lipinski definition) is 2. The van der Waals surface area contributed by atoms with Crippen LogP contribution in [0.3, 0.4) is 0 Å². The lowest BCUT2D eigenvalue weighted by Crippen LogP contribution is -2.30. The number of rotatable bonds is 0. The highest BCUT2D eigenvalue weighted by molar-refractivity contribution is 5.98. The Bertz CT molecular complexity index is 490. The molecule has 5 heteroatoms. The second-order valence-electron chi connectivity index (χ2n) is 4.56. The first-order valence-electron chi connectivity index (χ1n) is 5.72. The van der Waals surface area contributed by atoms with Gasteiger partial charge in [0.2, 0.25) is 5.91 Å². The minimum Gasteiger partial charge on any atom is -0.377 e. The van der Waals surface area contributed by atoms with E-state index in [1.165, 1.54) is 6.07 Å². The second kappa shape index (κ2) is 3.68. The zero-order valence-electron chi connectivity index (χ0n) is 9.09. The maximum atomic E-state index is 13.7. The van der Waals surface area contributed by atoms with Crippen LogP contribution in [0.4, 0.5) is 20.2 Å². The molecule has 1 heterocycles. The van der Waals surface area contributed by atoms with E-state index >= 15 is 0 Å². The van der Waals surface area contributed by atoms with Gasteiger partial charge in [0.05, 0.1) is 17.3 Å². The Morgan fingerprint density at radius 1 is 1.24 bits per heavy atom. The van der Waals surface area contributed by atoms with E-state index in [1.807, 2.05) is 0 Å².